The maximum Gasteiger partial charge on any atom is 0.336 e. The molecule has 0 spiro atoms. The van der Waals surface area contributed by atoms with Crippen LogP contribution in [0.2, 0.25) is 0 Å². The number of fused-ring (bicyclic) bond motifs is 1. The summed E-state index contributed by atoms with van der Waals surface area (Å²) in [6.45, 7) is 0. The second-order valence-corrected chi connectivity index (χ2v) is 7.18. The van der Waals surface area contributed by atoms with Crippen molar-refractivity contribution in [2.75, 3.05) is 11.8 Å². The van der Waals surface area contributed by atoms with Crippen LogP contribution in [0.4, 0.5) is 5.69 Å². The minimum atomic E-state index is -3.74. The molecule has 0 saturated heterocycles. The molecular formula is C14H11NO5S2. The molecule has 0 aliphatic carbocycles. The van der Waals surface area contributed by atoms with E-state index in [1.54, 1.807) is 29.6 Å². The fraction of sp³-hybridized carbons (Fsp3) is 0.0714. The summed E-state index contributed by atoms with van der Waals surface area (Å²) >= 11 is 1.07. The first kappa shape index (κ1) is 14.6. The zero-order valence-electron chi connectivity index (χ0n) is 11.4. The molecule has 0 atom stereocenters. The third kappa shape index (κ3) is 2.70. The molecule has 0 aliphatic heterocycles. The Bertz CT molecular complexity index is 988. The highest BCUT2D eigenvalue weighted by atomic mass is 32.2. The fourth-order valence-corrected chi connectivity index (χ4v) is 4.30. The van der Waals surface area contributed by atoms with Gasteiger partial charge in [-0.1, -0.05) is 0 Å². The summed E-state index contributed by atoms with van der Waals surface area (Å²) in [5, 5.41) is 2.26. The molecular weight excluding hydrogens is 326 g/mol. The Kier molecular flexibility index (Phi) is 3.63. The van der Waals surface area contributed by atoms with E-state index < -0.39 is 15.6 Å². The van der Waals surface area contributed by atoms with Crippen molar-refractivity contribution in [3.8, 4) is 5.75 Å². The van der Waals surface area contributed by atoms with Crippen LogP contribution >= 0.6 is 11.3 Å². The van der Waals surface area contributed by atoms with Crippen molar-refractivity contribution in [1.82, 2.24) is 0 Å². The SMILES string of the molecule is COc1ccsc1S(=O)(=O)Nc1ccc2oc(=O)ccc2c1. The van der Waals surface area contributed by atoms with Crippen LogP contribution in [0, 0.1) is 0 Å². The molecule has 0 bridgehead atoms. The molecule has 114 valence electrons. The van der Waals surface area contributed by atoms with Gasteiger partial charge in [0.15, 0.2) is 4.21 Å². The highest BCUT2D eigenvalue weighted by Crippen LogP contribution is 2.31. The van der Waals surface area contributed by atoms with E-state index in [4.69, 9.17) is 9.15 Å². The van der Waals surface area contributed by atoms with E-state index in [1.807, 2.05) is 0 Å². The molecule has 0 fully saturated rings. The van der Waals surface area contributed by atoms with Crippen molar-refractivity contribution in [3.05, 3.63) is 52.2 Å². The van der Waals surface area contributed by atoms with E-state index in [0.29, 0.717) is 22.4 Å². The molecule has 0 amide bonds. The third-order valence-corrected chi connectivity index (χ3v) is 5.76. The van der Waals surface area contributed by atoms with Gasteiger partial charge in [0.1, 0.15) is 11.3 Å². The largest absolute Gasteiger partial charge is 0.494 e. The van der Waals surface area contributed by atoms with Crippen molar-refractivity contribution < 1.29 is 17.6 Å². The number of anilines is 1. The van der Waals surface area contributed by atoms with Crippen LogP contribution in [0.5, 0.6) is 5.75 Å². The zero-order valence-corrected chi connectivity index (χ0v) is 13.0. The molecule has 1 N–H and O–H groups in total. The van der Waals surface area contributed by atoms with Crippen LogP contribution in [-0.2, 0) is 10.0 Å². The highest BCUT2D eigenvalue weighted by Gasteiger charge is 2.21. The molecule has 2 aromatic heterocycles. The summed E-state index contributed by atoms with van der Waals surface area (Å²) in [4.78, 5) is 11.1. The van der Waals surface area contributed by atoms with Crippen LogP contribution in [-0.4, -0.2) is 15.5 Å². The minimum Gasteiger partial charge on any atom is -0.494 e. The normalized spacial score (nSPS) is 11.5. The second kappa shape index (κ2) is 5.47. The number of nitrogens with one attached hydrogen (secondary N) is 1. The summed E-state index contributed by atoms with van der Waals surface area (Å²) < 4.78 is 37.4. The molecule has 3 rings (SSSR count). The summed E-state index contributed by atoms with van der Waals surface area (Å²) in [5.74, 6) is 0.296. The average molecular weight is 337 g/mol. The van der Waals surface area contributed by atoms with Gasteiger partial charge in [0.25, 0.3) is 10.0 Å². The van der Waals surface area contributed by atoms with Crippen LogP contribution in [0.1, 0.15) is 0 Å². The van der Waals surface area contributed by atoms with Crippen molar-refractivity contribution in [2.45, 2.75) is 4.21 Å². The molecule has 0 unspecified atom stereocenters. The zero-order chi connectivity index (χ0) is 15.7. The van der Waals surface area contributed by atoms with E-state index >= 15 is 0 Å². The average Bonchev–Trinajstić information content (AvgIpc) is 2.96. The number of methoxy groups -OCH3 is 1. The highest BCUT2D eigenvalue weighted by molar-refractivity contribution is 7.94. The summed E-state index contributed by atoms with van der Waals surface area (Å²) in [5.41, 5.74) is 0.310. The Morgan fingerprint density at radius 1 is 1.18 bits per heavy atom. The molecule has 3 aromatic rings. The van der Waals surface area contributed by atoms with E-state index in [1.165, 1.54) is 19.2 Å². The number of sulfonamides is 1. The Morgan fingerprint density at radius 2 is 2.00 bits per heavy atom. The quantitative estimate of drug-likeness (QED) is 0.740. The number of thiophene rings is 1. The number of hydrogen-bond donors (Lipinski definition) is 1. The monoisotopic (exact) mass is 337 g/mol. The number of benzene rings is 1. The van der Waals surface area contributed by atoms with E-state index in [2.05, 4.69) is 4.72 Å². The molecule has 1 aromatic carbocycles. The smallest absolute Gasteiger partial charge is 0.336 e. The van der Waals surface area contributed by atoms with Crippen molar-refractivity contribution in [3.63, 3.8) is 0 Å². The lowest BCUT2D eigenvalue weighted by Gasteiger charge is -2.08. The van der Waals surface area contributed by atoms with Gasteiger partial charge in [-0.15, -0.1) is 11.3 Å². The lowest BCUT2D eigenvalue weighted by Crippen LogP contribution is -2.12. The van der Waals surface area contributed by atoms with Gasteiger partial charge in [0, 0.05) is 17.1 Å². The van der Waals surface area contributed by atoms with Crippen molar-refractivity contribution >= 4 is 38.0 Å². The molecule has 22 heavy (non-hydrogen) atoms. The van der Waals surface area contributed by atoms with E-state index in [0.717, 1.165) is 11.3 Å². The summed E-state index contributed by atoms with van der Waals surface area (Å²) in [6.07, 6.45) is 0. The van der Waals surface area contributed by atoms with Gasteiger partial charge in [0.05, 0.1) is 7.11 Å². The number of hydrogen-bond acceptors (Lipinski definition) is 6. The van der Waals surface area contributed by atoms with Crippen LogP contribution in [0.25, 0.3) is 11.0 Å². The van der Waals surface area contributed by atoms with Gasteiger partial charge >= 0.3 is 5.63 Å². The maximum atomic E-state index is 12.4. The molecule has 6 nitrogen and oxygen atoms in total. The van der Waals surface area contributed by atoms with Crippen molar-refractivity contribution in [1.29, 1.82) is 0 Å². The maximum absolute atomic E-state index is 12.4. The van der Waals surface area contributed by atoms with Crippen LogP contribution in [0.15, 0.2) is 55.2 Å². The van der Waals surface area contributed by atoms with Gasteiger partial charge in [-0.25, -0.2) is 13.2 Å². The lowest BCUT2D eigenvalue weighted by molar-refractivity contribution is 0.406. The summed E-state index contributed by atoms with van der Waals surface area (Å²) in [7, 11) is -2.32. The van der Waals surface area contributed by atoms with E-state index in [-0.39, 0.29) is 4.21 Å². The molecule has 0 aliphatic rings. The van der Waals surface area contributed by atoms with Gasteiger partial charge < -0.3 is 9.15 Å². The molecule has 0 saturated carbocycles. The van der Waals surface area contributed by atoms with Crippen molar-refractivity contribution in [2.24, 2.45) is 0 Å². The van der Waals surface area contributed by atoms with E-state index in [9.17, 15) is 13.2 Å². The predicted molar refractivity (Wildman–Crippen MR) is 84.2 cm³/mol. The van der Waals surface area contributed by atoms with Crippen LogP contribution < -0.4 is 15.1 Å². The first-order valence-electron chi connectivity index (χ1n) is 6.18. The first-order chi connectivity index (χ1) is 10.5. The summed E-state index contributed by atoms with van der Waals surface area (Å²) in [6, 6.07) is 9.11. The predicted octanol–water partition coefficient (Wildman–Crippen LogP) is 2.66. The number of rotatable bonds is 4. The minimum absolute atomic E-state index is 0.106. The van der Waals surface area contributed by atoms with Gasteiger partial charge in [-0.2, -0.15) is 0 Å². The molecule has 8 heteroatoms. The Labute approximate surface area is 130 Å². The Hall–Kier alpha value is -2.32. The number of ether oxygens (including phenoxy) is 1. The van der Waals surface area contributed by atoms with Gasteiger partial charge in [-0.3, -0.25) is 4.72 Å². The first-order valence-corrected chi connectivity index (χ1v) is 8.54. The Balaban J connectivity index is 1.99. The topological polar surface area (TPSA) is 85.6 Å². The third-order valence-electron chi connectivity index (χ3n) is 2.93. The fourth-order valence-electron chi connectivity index (χ4n) is 1.97. The van der Waals surface area contributed by atoms with Gasteiger partial charge in [-0.05, 0) is 35.7 Å². The Morgan fingerprint density at radius 3 is 2.77 bits per heavy atom. The second-order valence-electron chi connectivity index (χ2n) is 4.39. The lowest BCUT2D eigenvalue weighted by atomic mass is 10.2. The van der Waals surface area contributed by atoms with Crippen LogP contribution in [0.3, 0.4) is 0 Å². The molecule has 0 radical (unpaired) electrons. The molecule has 2 heterocycles. The standard InChI is InChI=1S/C14H11NO5S2/c1-19-12-6-7-21-14(12)22(17,18)15-10-3-4-11-9(8-10)2-5-13(16)20-11/h2-8,15H,1H3. The van der Waals surface area contributed by atoms with Gasteiger partial charge in [0.2, 0.25) is 0 Å².